The van der Waals surface area contributed by atoms with Gasteiger partial charge in [0.2, 0.25) is 0 Å². The number of nitrogens with two attached hydrogens (primary N) is 1. The van der Waals surface area contributed by atoms with E-state index < -0.39 is 12.8 Å². The van der Waals surface area contributed by atoms with Crippen LogP contribution in [-0.2, 0) is 11.2 Å². The molecule has 0 saturated heterocycles. The highest BCUT2D eigenvalue weighted by Gasteiger charge is 2.28. The number of hydrogen-bond donors (Lipinski definition) is 2. The molecular formula is C13H21F3N4O. The molecule has 5 nitrogen and oxygen atoms in total. The minimum atomic E-state index is -4.32. The van der Waals surface area contributed by atoms with Crippen molar-refractivity contribution in [2.24, 2.45) is 5.84 Å². The summed E-state index contributed by atoms with van der Waals surface area (Å²) in [4.78, 5) is 0. The van der Waals surface area contributed by atoms with Gasteiger partial charge in [0, 0.05) is 12.6 Å². The fraction of sp³-hybridized carbons (Fsp3) is 0.769. The second kappa shape index (κ2) is 7.24. The van der Waals surface area contributed by atoms with Crippen LogP contribution in [0.5, 0.6) is 0 Å². The van der Waals surface area contributed by atoms with E-state index in [1.54, 1.807) is 0 Å². The number of halogens is 3. The number of hydrazine groups is 1. The Labute approximate surface area is 121 Å². The van der Waals surface area contributed by atoms with E-state index in [1.807, 2.05) is 16.9 Å². The van der Waals surface area contributed by atoms with Gasteiger partial charge in [-0.25, -0.2) is 0 Å². The van der Waals surface area contributed by atoms with Crippen LogP contribution in [-0.4, -0.2) is 35.2 Å². The minimum absolute atomic E-state index is 0.105. The summed E-state index contributed by atoms with van der Waals surface area (Å²) in [5, 5.41) is 4.48. The maximum absolute atomic E-state index is 12.0. The van der Waals surface area contributed by atoms with Gasteiger partial charge in [0.25, 0.3) is 0 Å². The molecule has 1 aromatic rings. The van der Waals surface area contributed by atoms with Crippen LogP contribution in [0.1, 0.15) is 37.4 Å². The molecule has 1 atom stereocenters. The van der Waals surface area contributed by atoms with E-state index in [1.165, 1.54) is 12.8 Å². The van der Waals surface area contributed by atoms with Crippen LogP contribution in [0.2, 0.25) is 0 Å². The van der Waals surface area contributed by atoms with Crippen LogP contribution >= 0.6 is 0 Å². The molecule has 1 unspecified atom stereocenters. The Morgan fingerprint density at radius 1 is 1.43 bits per heavy atom. The number of hydrogen-bond acceptors (Lipinski definition) is 4. The molecule has 0 spiro atoms. The fourth-order valence-corrected chi connectivity index (χ4v) is 2.59. The van der Waals surface area contributed by atoms with E-state index in [2.05, 4.69) is 15.3 Å². The molecule has 21 heavy (non-hydrogen) atoms. The highest BCUT2D eigenvalue weighted by molar-refractivity contribution is 5.02. The summed E-state index contributed by atoms with van der Waals surface area (Å²) in [5.74, 6) is 5.35. The van der Waals surface area contributed by atoms with Gasteiger partial charge in [0.15, 0.2) is 0 Å². The second-order valence-electron chi connectivity index (χ2n) is 5.42. The number of ether oxygens (including phenoxy) is 1. The first-order chi connectivity index (χ1) is 9.98. The van der Waals surface area contributed by atoms with Crippen molar-refractivity contribution in [1.82, 2.24) is 15.2 Å². The largest absolute Gasteiger partial charge is 0.411 e. The molecule has 0 aliphatic heterocycles. The van der Waals surface area contributed by atoms with Crippen molar-refractivity contribution in [3.8, 4) is 0 Å². The molecule has 1 saturated carbocycles. The lowest BCUT2D eigenvalue weighted by Gasteiger charge is -2.16. The zero-order valence-corrected chi connectivity index (χ0v) is 11.8. The number of nitrogens with zero attached hydrogens (tertiary/aromatic N) is 2. The SMILES string of the molecule is NNC(COCC(F)(F)F)Cc1ccn(C2CCCC2)n1. The van der Waals surface area contributed by atoms with Crippen LogP contribution in [0.4, 0.5) is 13.2 Å². The van der Waals surface area contributed by atoms with Crippen molar-refractivity contribution in [1.29, 1.82) is 0 Å². The average Bonchev–Trinajstić information content (AvgIpc) is 3.06. The Hall–Kier alpha value is -1.12. The Kier molecular flexibility index (Phi) is 5.60. The van der Waals surface area contributed by atoms with Gasteiger partial charge < -0.3 is 4.74 Å². The number of aromatic nitrogens is 2. The van der Waals surface area contributed by atoms with Crippen LogP contribution in [0.25, 0.3) is 0 Å². The van der Waals surface area contributed by atoms with Crippen molar-refractivity contribution in [3.63, 3.8) is 0 Å². The third-order valence-corrected chi connectivity index (χ3v) is 3.64. The molecule has 120 valence electrons. The van der Waals surface area contributed by atoms with Gasteiger partial charge in [0.05, 0.1) is 24.4 Å². The predicted molar refractivity (Wildman–Crippen MR) is 71.4 cm³/mol. The first kappa shape index (κ1) is 16.3. The molecule has 2 rings (SSSR count). The molecule has 1 heterocycles. The van der Waals surface area contributed by atoms with Crippen molar-refractivity contribution in [2.75, 3.05) is 13.2 Å². The third-order valence-electron chi connectivity index (χ3n) is 3.64. The van der Waals surface area contributed by atoms with Crippen molar-refractivity contribution in [2.45, 2.75) is 50.4 Å². The summed E-state index contributed by atoms with van der Waals surface area (Å²) in [6, 6.07) is 1.94. The lowest BCUT2D eigenvalue weighted by molar-refractivity contribution is -0.175. The predicted octanol–water partition coefficient (Wildman–Crippen LogP) is 1.95. The normalized spacial score (nSPS) is 18.3. The Bertz CT molecular complexity index is 429. The minimum Gasteiger partial charge on any atom is -0.370 e. The van der Waals surface area contributed by atoms with E-state index >= 15 is 0 Å². The molecule has 1 fully saturated rings. The van der Waals surface area contributed by atoms with Gasteiger partial charge in [-0.15, -0.1) is 0 Å². The van der Waals surface area contributed by atoms with E-state index in [0.29, 0.717) is 12.5 Å². The molecule has 1 aliphatic rings. The Morgan fingerprint density at radius 3 is 2.76 bits per heavy atom. The summed E-state index contributed by atoms with van der Waals surface area (Å²) in [6.45, 7) is -1.37. The lowest BCUT2D eigenvalue weighted by atomic mass is 10.2. The van der Waals surface area contributed by atoms with Crippen molar-refractivity contribution < 1.29 is 17.9 Å². The zero-order valence-electron chi connectivity index (χ0n) is 11.8. The molecule has 0 aromatic carbocycles. The van der Waals surface area contributed by atoms with Gasteiger partial charge >= 0.3 is 6.18 Å². The van der Waals surface area contributed by atoms with E-state index in [4.69, 9.17) is 5.84 Å². The molecule has 0 amide bonds. The summed E-state index contributed by atoms with van der Waals surface area (Å²) >= 11 is 0. The second-order valence-corrected chi connectivity index (χ2v) is 5.42. The van der Waals surface area contributed by atoms with Gasteiger partial charge in [-0.2, -0.15) is 18.3 Å². The topological polar surface area (TPSA) is 65.1 Å². The maximum Gasteiger partial charge on any atom is 0.411 e. The lowest BCUT2D eigenvalue weighted by Crippen LogP contribution is -2.41. The Morgan fingerprint density at radius 2 is 2.14 bits per heavy atom. The van der Waals surface area contributed by atoms with Crippen LogP contribution in [0.3, 0.4) is 0 Å². The summed E-state index contributed by atoms with van der Waals surface area (Å²) < 4.78 is 42.6. The molecule has 0 radical (unpaired) electrons. The fourth-order valence-electron chi connectivity index (χ4n) is 2.59. The number of rotatable bonds is 7. The molecular weight excluding hydrogens is 285 g/mol. The van der Waals surface area contributed by atoms with E-state index in [0.717, 1.165) is 18.5 Å². The van der Waals surface area contributed by atoms with E-state index in [-0.39, 0.29) is 12.6 Å². The smallest absolute Gasteiger partial charge is 0.370 e. The molecule has 1 aromatic heterocycles. The highest BCUT2D eigenvalue weighted by atomic mass is 19.4. The molecule has 8 heteroatoms. The first-order valence-corrected chi connectivity index (χ1v) is 7.12. The highest BCUT2D eigenvalue weighted by Crippen LogP contribution is 2.28. The quantitative estimate of drug-likeness (QED) is 0.597. The monoisotopic (exact) mass is 306 g/mol. The summed E-state index contributed by atoms with van der Waals surface area (Å²) in [5.41, 5.74) is 3.28. The van der Waals surface area contributed by atoms with Crippen LogP contribution < -0.4 is 11.3 Å². The van der Waals surface area contributed by atoms with Gasteiger partial charge in [-0.3, -0.25) is 16.0 Å². The standard InChI is InChI=1S/C13H21F3N4O/c14-13(15,16)9-21-8-11(18-17)7-10-5-6-20(19-10)12-3-1-2-4-12/h5-6,11-12,18H,1-4,7-9,17H2. The van der Waals surface area contributed by atoms with Crippen molar-refractivity contribution >= 4 is 0 Å². The zero-order chi connectivity index (χ0) is 15.3. The van der Waals surface area contributed by atoms with Gasteiger partial charge in [0.1, 0.15) is 6.61 Å². The van der Waals surface area contributed by atoms with Crippen LogP contribution in [0.15, 0.2) is 12.3 Å². The molecule has 0 bridgehead atoms. The van der Waals surface area contributed by atoms with Gasteiger partial charge in [-0.05, 0) is 18.9 Å². The first-order valence-electron chi connectivity index (χ1n) is 7.12. The Balaban J connectivity index is 1.81. The summed E-state index contributed by atoms with van der Waals surface area (Å²) in [7, 11) is 0. The van der Waals surface area contributed by atoms with Crippen LogP contribution in [0, 0.1) is 0 Å². The maximum atomic E-state index is 12.0. The van der Waals surface area contributed by atoms with Gasteiger partial charge in [-0.1, -0.05) is 12.8 Å². The van der Waals surface area contributed by atoms with E-state index in [9.17, 15) is 13.2 Å². The number of alkyl halides is 3. The van der Waals surface area contributed by atoms with Crippen molar-refractivity contribution in [3.05, 3.63) is 18.0 Å². The molecule has 3 N–H and O–H groups in total. The third kappa shape index (κ3) is 5.29. The summed E-state index contributed by atoms with van der Waals surface area (Å²) in [6.07, 6.45) is 2.76. The average molecular weight is 306 g/mol. The number of nitrogens with one attached hydrogen (secondary N) is 1. The molecule has 1 aliphatic carbocycles.